The number of likely N-dealkylation sites (N-methyl/N-ethyl adjacent to an activating group) is 1. The second-order valence-electron chi connectivity index (χ2n) is 3.64. The van der Waals surface area contributed by atoms with Crippen LogP contribution in [0.1, 0.15) is 10.4 Å². The minimum Gasteiger partial charge on any atom is -0.383 e. The summed E-state index contributed by atoms with van der Waals surface area (Å²) in [7, 11) is 3.04. The Hall–Kier alpha value is -2.02. The van der Waals surface area contributed by atoms with Crippen LogP contribution in [0.4, 0.5) is 10.1 Å². The first-order valence-electron chi connectivity index (χ1n) is 5.15. The Morgan fingerprint density at radius 1 is 1.56 bits per heavy atom. The Morgan fingerprint density at radius 3 is 2.78 bits per heavy atom. The molecule has 0 unspecified atom stereocenters. The van der Waals surface area contributed by atoms with E-state index in [2.05, 4.69) is 0 Å². The van der Waals surface area contributed by atoms with Crippen LogP contribution in [0.15, 0.2) is 18.2 Å². The molecule has 1 aromatic rings. The van der Waals surface area contributed by atoms with Crippen LogP contribution >= 0.6 is 0 Å². The van der Waals surface area contributed by atoms with Crippen LogP contribution in [-0.2, 0) is 4.74 Å². The summed E-state index contributed by atoms with van der Waals surface area (Å²) in [5.74, 6) is -1.38. The number of carbonyl (C=O) groups is 1. The number of hydrogen-bond acceptors (Lipinski definition) is 4. The Morgan fingerprint density at radius 2 is 2.22 bits per heavy atom. The molecule has 0 heterocycles. The fourth-order valence-corrected chi connectivity index (χ4v) is 1.34. The summed E-state index contributed by atoms with van der Waals surface area (Å²) in [6.07, 6.45) is 0. The van der Waals surface area contributed by atoms with Crippen molar-refractivity contribution in [2.75, 3.05) is 27.3 Å². The maximum atomic E-state index is 13.1. The molecule has 0 aromatic heterocycles. The first-order chi connectivity index (χ1) is 8.47. The number of amides is 1. The molecule has 1 amide bonds. The smallest absolute Gasteiger partial charge is 0.305 e. The van der Waals surface area contributed by atoms with Gasteiger partial charge < -0.3 is 9.64 Å². The van der Waals surface area contributed by atoms with Crippen LogP contribution < -0.4 is 0 Å². The summed E-state index contributed by atoms with van der Waals surface area (Å²) in [5.41, 5.74) is -0.636. The Balaban J connectivity index is 2.93. The van der Waals surface area contributed by atoms with E-state index in [-0.39, 0.29) is 5.56 Å². The second kappa shape index (κ2) is 6.06. The van der Waals surface area contributed by atoms with Crippen LogP contribution in [0.25, 0.3) is 0 Å². The van der Waals surface area contributed by atoms with Gasteiger partial charge in [0.2, 0.25) is 5.82 Å². The standard InChI is InChI=1S/C11H13FN2O4/c1-13(5-6-18-2)11(15)8-3-4-9(12)10(7-8)14(16)17/h3-4,7H,5-6H2,1-2H3. The number of ether oxygens (including phenoxy) is 1. The quantitative estimate of drug-likeness (QED) is 0.590. The topological polar surface area (TPSA) is 72.7 Å². The van der Waals surface area contributed by atoms with Gasteiger partial charge in [-0.05, 0) is 12.1 Å². The van der Waals surface area contributed by atoms with Crippen LogP contribution in [-0.4, -0.2) is 43.0 Å². The van der Waals surface area contributed by atoms with Gasteiger partial charge in [-0.1, -0.05) is 0 Å². The zero-order chi connectivity index (χ0) is 13.7. The van der Waals surface area contributed by atoms with E-state index in [0.717, 1.165) is 12.1 Å². The second-order valence-corrected chi connectivity index (χ2v) is 3.64. The molecule has 0 bridgehead atoms. The molecule has 18 heavy (non-hydrogen) atoms. The zero-order valence-corrected chi connectivity index (χ0v) is 10.1. The van der Waals surface area contributed by atoms with Gasteiger partial charge in [0.1, 0.15) is 0 Å². The molecule has 0 radical (unpaired) electrons. The van der Waals surface area contributed by atoms with E-state index in [9.17, 15) is 19.3 Å². The maximum absolute atomic E-state index is 13.1. The summed E-state index contributed by atoms with van der Waals surface area (Å²) in [5, 5.41) is 10.6. The predicted octanol–water partition coefficient (Wildman–Crippen LogP) is 1.45. The van der Waals surface area contributed by atoms with Crippen molar-refractivity contribution >= 4 is 11.6 Å². The molecule has 0 atom stereocenters. The number of rotatable bonds is 5. The Kier molecular flexibility index (Phi) is 4.73. The van der Waals surface area contributed by atoms with Crippen molar-refractivity contribution < 1.29 is 18.8 Å². The number of nitrogens with zero attached hydrogens (tertiary/aromatic N) is 2. The molecule has 0 N–H and O–H groups in total. The Labute approximate surface area is 103 Å². The average Bonchev–Trinajstić information content (AvgIpc) is 2.35. The summed E-state index contributed by atoms with van der Waals surface area (Å²) < 4.78 is 17.9. The molecule has 1 rings (SSSR count). The zero-order valence-electron chi connectivity index (χ0n) is 10.1. The van der Waals surface area contributed by atoms with Crippen molar-refractivity contribution in [3.63, 3.8) is 0 Å². The number of benzene rings is 1. The highest BCUT2D eigenvalue weighted by molar-refractivity contribution is 5.94. The molecular weight excluding hydrogens is 243 g/mol. The van der Waals surface area contributed by atoms with Crippen molar-refractivity contribution in [3.8, 4) is 0 Å². The molecule has 0 saturated heterocycles. The fourth-order valence-electron chi connectivity index (χ4n) is 1.34. The van der Waals surface area contributed by atoms with Crippen molar-refractivity contribution in [1.82, 2.24) is 4.90 Å². The molecule has 0 aliphatic carbocycles. The van der Waals surface area contributed by atoms with Gasteiger partial charge in [0.25, 0.3) is 5.91 Å². The number of nitro groups is 1. The van der Waals surface area contributed by atoms with Gasteiger partial charge in [0.05, 0.1) is 11.5 Å². The fraction of sp³-hybridized carbons (Fsp3) is 0.364. The van der Waals surface area contributed by atoms with Crippen LogP contribution in [0.3, 0.4) is 0 Å². The van der Waals surface area contributed by atoms with E-state index in [1.807, 2.05) is 0 Å². The van der Waals surface area contributed by atoms with E-state index in [1.54, 1.807) is 0 Å². The van der Waals surface area contributed by atoms with E-state index in [4.69, 9.17) is 4.74 Å². The van der Waals surface area contributed by atoms with Crippen molar-refractivity contribution in [1.29, 1.82) is 0 Å². The van der Waals surface area contributed by atoms with Gasteiger partial charge in [-0.25, -0.2) is 0 Å². The van der Waals surface area contributed by atoms with Crippen molar-refractivity contribution in [3.05, 3.63) is 39.7 Å². The minimum absolute atomic E-state index is 0.0710. The normalized spacial score (nSPS) is 10.2. The number of carbonyl (C=O) groups excluding carboxylic acids is 1. The Bertz CT molecular complexity index is 464. The van der Waals surface area contributed by atoms with Gasteiger partial charge in [0.15, 0.2) is 0 Å². The number of hydrogen-bond donors (Lipinski definition) is 0. The molecule has 98 valence electrons. The molecule has 7 heteroatoms. The molecule has 0 spiro atoms. The summed E-state index contributed by atoms with van der Waals surface area (Å²) >= 11 is 0. The van der Waals surface area contributed by atoms with E-state index < -0.39 is 22.3 Å². The van der Waals surface area contributed by atoms with Crippen molar-refractivity contribution in [2.45, 2.75) is 0 Å². The lowest BCUT2D eigenvalue weighted by Crippen LogP contribution is -2.30. The van der Waals surface area contributed by atoms with Crippen LogP contribution in [0.2, 0.25) is 0 Å². The van der Waals surface area contributed by atoms with E-state index >= 15 is 0 Å². The molecular formula is C11H13FN2O4. The third-order valence-electron chi connectivity index (χ3n) is 2.37. The van der Waals surface area contributed by atoms with Gasteiger partial charge in [0, 0.05) is 32.3 Å². The lowest BCUT2D eigenvalue weighted by molar-refractivity contribution is -0.387. The van der Waals surface area contributed by atoms with Gasteiger partial charge in [-0.2, -0.15) is 4.39 Å². The maximum Gasteiger partial charge on any atom is 0.305 e. The van der Waals surface area contributed by atoms with Crippen LogP contribution in [0, 0.1) is 15.9 Å². The molecule has 0 saturated carbocycles. The lowest BCUT2D eigenvalue weighted by Gasteiger charge is -2.16. The predicted molar refractivity (Wildman–Crippen MR) is 61.9 cm³/mol. The summed E-state index contributed by atoms with van der Waals surface area (Å²) in [6.45, 7) is 0.700. The third-order valence-corrected chi connectivity index (χ3v) is 2.37. The molecule has 6 nitrogen and oxygen atoms in total. The monoisotopic (exact) mass is 256 g/mol. The molecule has 0 fully saturated rings. The summed E-state index contributed by atoms with van der Waals surface area (Å²) in [6, 6.07) is 3.06. The highest BCUT2D eigenvalue weighted by atomic mass is 19.1. The molecule has 0 aliphatic heterocycles. The van der Waals surface area contributed by atoms with Gasteiger partial charge >= 0.3 is 5.69 Å². The number of halogens is 1. The number of methoxy groups -OCH3 is 1. The molecule has 1 aromatic carbocycles. The van der Waals surface area contributed by atoms with E-state index in [1.165, 1.54) is 25.1 Å². The van der Waals surface area contributed by atoms with E-state index in [0.29, 0.717) is 13.2 Å². The van der Waals surface area contributed by atoms with Gasteiger partial charge in [-0.3, -0.25) is 14.9 Å². The van der Waals surface area contributed by atoms with Crippen molar-refractivity contribution in [2.24, 2.45) is 0 Å². The van der Waals surface area contributed by atoms with Crippen LogP contribution in [0.5, 0.6) is 0 Å². The highest BCUT2D eigenvalue weighted by Gasteiger charge is 2.19. The first kappa shape index (κ1) is 14.0. The lowest BCUT2D eigenvalue weighted by atomic mass is 10.1. The first-order valence-corrected chi connectivity index (χ1v) is 5.15. The van der Waals surface area contributed by atoms with Gasteiger partial charge in [-0.15, -0.1) is 0 Å². The third kappa shape index (κ3) is 3.24. The SMILES string of the molecule is COCCN(C)C(=O)c1ccc(F)c([N+](=O)[O-])c1. The highest BCUT2D eigenvalue weighted by Crippen LogP contribution is 2.19. The summed E-state index contributed by atoms with van der Waals surface area (Å²) in [4.78, 5) is 22.9. The average molecular weight is 256 g/mol. The largest absolute Gasteiger partial charge is 0.383 e. The number of nitro benzene ring substituents is 1. The minimum atomic E-state index is -0.962. The molecule has 0 aliphatic rings.